The van der Waals surface area contributed by atoms with Gasteiger partial charge in [0.1, 0.15) is 0 Å². The number of carbonyl (C=O) groups is 1. The first-order valence-corrected chi connectivity index (χ1v) is 5.45. The van der Waals surface area contributed by atoms with Gasteiger partial charge in [-0.15, -0.1) is 12.4 Å². The van der Waals surface area contributed by atoms with Crippen molar-refractivity contribution in [2.24, 2.45) is 5.73 Å². The SMILES string of the molecule is CCC(N)(CC)CNC(=O)c1ccnnc1.Cl. The molecule has 0 saturated carbocycles. The molecule has 1 amide bonds. The van der Waals surface area contributed by atoms with E-state index in [0.29, 0.717) is 12.1 Å². The van der Waals surface area contributed by atoms with Crippen molar-refractivity contribution in [1.82, 2.24) is 15.5 Å². The summed E-state index contributed by atoms with van der Waals surface area (Å²) >= 11 is 0. The maximum Gasteiger partial charge on any atom is 0.253 e. The van der Waals surface area contributed by atoms with Crippen molar-refractivity contribution in [2.45, 2.75) is 32.2 Å². The molecule has 0 spiro atoms. The highest BCUT2D eigenvalue weighted by molar-refractivity contribution is 5.93. The van der Waals surface area contributed by atoms with Gasteiger partial charge in [-0.1, -0.05) is 13.8 Å². The van der Waals surface area contributed by atoms with Crippen molar-refractivity contribution >= 4 is 18.3 Å². The number of aromatic nitrogens is 2. The Morgan fingerprint density at radius 3 is 2.53 bits per heavy atom. The highest BCUT2D eigenvalue weighted by Crippen LogP contribution is 2.09. The van der Waals surface area contributed by atoms with E-state index < -0.39 is 0 Å². The van der Waals surface area contributed by atoms with E-state index in [1.54, 1.807) is 6.07 Å². The van der Waals surface area contributed by atoms with Gasteiger partial charge in [0.15, 0.2) is 0 Å². The molecule has 0 bridgehead atoms. The van der Waals surface area contributed by atoms with Gasteiger partial charge in [0.25, 0.3) is 5.91 Å². The van der Waals surface area contributed by atoms with Gasteiger partial charge < -0.3 is 11.1 Å². The molecule has 1 heterocycles. The Kier molecular flexibility index (Phi) is 6.68. The molecule has 0 aliphatic carbocycles. The molecule has 0 aromatic carbocycles. The molecule has 1 aromatic rings. The van der Waals surface area contributed by atoms with Crippen LogP contribution in [-0.2, 0) is 0 Å². The van der Waals surface area contributed by atoms with Crippen LogP contribution in [0, 0.1) is 0 Å². The monoisotopic (exact) mass is 258 g/mol. The number of nitrogens with zero attached hydrogens (tertiary/aromatic N) is 2. The summed E-state index contributed by atoms with van der Waals surface area (Å²) in [6.07, 6.45) is 4.59. The Morgan fingerprint density at radius 2 is 2.06 bits per heavy atom. The molecule has 0 aliphatic rings. The molecule has 0 fully saturated rings. The van der Waals surface area contributed by atoms with Crippen molar-refractivity contribution in [3.8, 4) is 0 Å². The molecule has 6 heteroatoms. The van der Waals surface area contributed by atoms with Gasteiger partial charge in [0.2, 0.25) is 0 Å². The van der Waals surface area contributed by atoms with Gasteiger partial charge in [-0.25, -0.2) is 0 Å². The van der Waals surface area contributed by atoms with E-state index in [0.717, 1.165) is 12.8 Å². The Labute approximate surface area is 108 Å². The molecule has 0 radical (unpaired) electrons. The molecule has 0 saturated heterocycles. The Balaban J connectivity index is 0.00000256. The molecule has 0 atom stereocenters. The van der Waals surface area contributed by atoms with Crippen molar-refractivity contribution < 1.29 is 4.79 Å². The normalized spacial score (nSPS) is 10.5. The highest BCUT2D eigenvalue weighted by atomic mass is 35.5. The maximum absolute atomic E-state index is 11.7. The topological polar surface area (TPSA) is 80.9 Å². The maximum atomic E-state index is 11.7. The number of halogens is 1. The third kappa shape index (κ3) is 4.66. The quantitative estimate of drug-likeness (QED) is 0.830. The zero-order chi connectivity index (χ0) is 12.0. The van der Waals surface area contributed by atoms with E-state index in [1.165, 1.54) is 12.4 Å². The summed E-state index contributed by atoms with van der Waals surface area (Å²) in [7, 11) is 0. The van der Waals surface area contributed by atoms with Crippen LogP contribution >= 0.6 is 12.4 Å². The van der Waals surface area contributed by atoms with Crippen LogP contribution in [0.3, 0.4) is 0 Å². The minimum Gasteiger partial charge on any atom is -0.350 e. The van der Waals surface area contributed by atoms with E-state index in [4.69, 9.17) is 5.73 Å². The molecular formula is C11H19ClN4O. The molecule has 1 aromatic heterocycles. The predicted octanol–water partition coefficient (Wildman–Crippen LogP) is 1.15. The van der Waals surface area contributed by atoms with Gasteiger partial charge >= 0.3 is 0 Å². The minimum atomic E-state index is -0.323. The lowest BCUT2D eigenvalue weighted by Crippen LogP contribution is -2.49. The molecule has 96 valence electrons. The fourth-order valence-electron chi connectivity index (χ4n) is 1.28. The number of hydrogen-bond donors (Lipinski definition) is 2. The molecule has 5 nitrogen and oxygen atoms in total. The van der Waals surface area contributed by atoms with E-state index in [-0.39, 0.29) is 23.9 Å². The Bertz CT molecular complexity index is 341. The summed E-state index contributed by atoms with van der Waals surface area (Å²) in [5.41, 5.74) is 6.26. The third-order valence-electron chi connectivity index (χ3n) is 2.86. The molecule has 0 aliphatic heterocycles. The number of rotatable bonds is 5. The first-order valence-electron chi connectivity index (χ1n) is 5.45. The summed E-state index contributed by atoms with van der Waals surface area (Å²) in [5.74, 6) is -0.161. The van der Waals surface area contributed by atoms with Gasteiger partial charge in [-0.2, -0.15) is 10.2 Å². The fourth-order valence-corrected chi connectivity index (χ4v) is 1.28. The van der Waals surface area contributed by atoms with Crippen LogP contribution in [0.2, 0.25) is 0 Å². The van der Waals surface area contributed by atoms with Gasteiger partial charge in [0.05, 0.1) is 18.0 Å². The lowest BCUT2D eigenvalue weighted by atomic mass is 9.94. The van der Waals surface area contributed by atoms with Crippen LogP contribution in [0.1, 0.15) is 37.0 Å². The molecule has 3 N–H and O–H groups in total. The zero-order valence-electron chi connectivity index (χ0n) is 10.1. The summed E-state index contributed by atoms with van der Waals surface area (Å²) in [4.78, 5) is 11.7. The molecular weight excluding hydrogens is 240 g/mol. The smallest absolute Gasteiger partial charge is 0.253 e. The average molecular weight is 259 g/mol. The number of nitrogens with two attached hydrogens (primary N) is 1. The lowest BCUT2D eigenvalue weighted by Gasteiger charge is -2.26. The van der Waals surface area contributed by atoms with E-state index in [1.807, 2.05) is 13.8 Å². The van der Waals surface area contributed by atoms with Crippen LogP contribution in [0.5, 0.6) is 0 Å². The first-order chi connectivity index (χ1) is 7.61. The van der Waals surface area contributed by atoms with Crippen LogP contribution in [0.25, 0.3) is 0 Å². The van der Waals surface area contributed by atoms with E-state index in [9.17, 15) is 4.79 Å². The fraction of sp³-hybridized carbons (Fsp3) is 0.545. The molecule has 0 unspecified atom stereocenters. The van der Waals surface area contributed by atoms with Crippen LogP contribution in [-0.4, -0.2) is 28.2 Å². The van der Waals surface area contributed by atoms with Crippen molar-refractivity contribution in [3.63, 3.8) is 0 Å². The number of carbonyl (C=O) groups excluding carboxylic acids is 1. The first kappa shape index (κ1) is 15.8. The number of amides is 1. The van der Waals surface area contributed by atoms with E-state index >= 15 is 0 Å². The second-order valence-corrected chi connectivity index (χ2v) is 3.88. The summed E-state index contributed by atoms with van der Waals surface area (Å²) in [6, 6.07) is 1.62. The lowest BCUT2D eigenvalue weighted by molar-refractivity contribution is 0.0941. The second kappa shape index (κ2) is 7.19. The summed E-state index contributed by atoms with van der Waals surface area (Å²) in [5, 5.41) is 10.1. The van der Waals surface area contributed by atoms with E-state index in [2.05, 4.69) is 15.5 Å². The average Bonchev–Trinajstić information content (AvgIpc) is 2.36. The Hall–Kier alpha value is -1.20. The van der Waals surface area contributed by atoms with Crippen LogP contribution in [0.15, 0.2) is 18.5 Å². The largest absolute Gasteiger partial charge is 0.350 e. The van der Waals surface area contributed by atoms with Gasteiger partial charge in [-0.05, 0) is 18.9 Å². The highest BCUT2D eigenvalue weighted by Gasteiger charge is 2.21. The summed E-state index contributed by atoms with van der Waals surface area (Å²) in [6.45, 7) is 4.51. The predicted molar refractivity (Wildman–Crippen MR) is 69.1 cm³/mol. The van der Waals surface area contributed by atoms with Gasteiger partial charge in [-0.3, -0.25) is 4.79 Å². The second-order valence-electron chi connectivity index (χ2n) is 3.88. The summed E-state index contributed by atoms with van der Waals surface area (Å²) < 4.78 is 0. The van der Waals surface area contributed by atoms with Crippen molar-refractivity contribution in [3.05, 3.63) is 24.0 Å². The van der Waals surface area contributed by atoms with Crippen molar-refractivity contribution in [2.75, 3.05) is 6.54 Å². The molecule has 17 heavy (non-hydrogen) atoms. The zero-order valence-corrected chi connectivity index (χ0v) is 11.0. The standard InChI is InChI=1S/C11H18N4O.ClH/c1-3-11(12,4-2)8-13-10(16)9-5-6-14-15-7-9;/h5-7H,3-4,8,12H2,1-2H3,(H,13,16);1H. The van der Waals surface area contributed by atoms with Crippen LogP contribution < -0.4 is 11.1 Å². The molecule has 1 rings (SSSR count). The van der Waals surface area contributed by atoms with Crippen molar-refractivity contribution in [1.29, 1.82) is 0 Å². The number of hydrogen-bond acceptors (Lipinski definition) is 4. The number of nitrogens with one attached hydrogen (secondary N) is 1. The van der Waals surface area contributed by atoms with Gasteiger partial charge in [0, 0.05) is 12.1 Å². The third-order valence-corrected chi connectivity index (χ3v) is 2.86. The minimum absolute atomic E-state index is 0. The van der Waals surface area contributed by atoms with Crippen LogP contribution in [0.4, 0.5) is 0 Å². The Morgan fingerprint density at radius 1 is 1.41 bits per heavy atom.